The standard InChI is InChI=1S/C18H20ClN3O4S/c1-13-10-16(8-9-17(13)26-3)27(24,25)22(2)12-18(23)21-20-11-14-4-6-15(19)7-5-14/h4-11H,12H2,1-3H3,(H,21,23). The van der Waals surface area contributed by atoms with Crippen LogP contribution in [0.1, 0.15) is 11.1 Å². The summed E-state index contributed by atoms with van der Waals surface area (Å²) < 4.78 is 31.3. The van der Waals surface area contributed by atoms with E-state index >= 15 is 0 Å². The molecule has 0 aliphatic heterocycles. The Hall–Kier alpha value is -2.42. The Labute approximate surface area is 163 Å². The number of benzene rings is 2. The van der Waals surface area contributed by atoms with E-state index in [2.05, 4.69) is 10.5 Å². The third-order valence-electron chi connectivity index (χ3n) is 3.71. The number of aryl methyl sites for hydroxylation is 1. The average Bonchev–Trinajstić information content (AvgIpc) is 2.63. The zero-order chi connectivity index (χ0) is 20.0. The molecule has 144 valence electrons. The zero-order valence-corrected chi connectivity index (χ0v) is 16.7. The van der Waals surface area contributed by atoms with Crippen molar-refractivity contribution in [3.8, 4) is 5.75 Å². The maximum atomic E-state index is 12.6. The Balaban J connectivity index is 2.00. The lowest BCUT2D eigenvalue weighted by atomic mass is 10.2. The number of hydrogen-bond donors (Lipinski definition) is 1. The van der Waals surface area contributed by atoms with E-state index in [9.17, 15) is 13.2 Å². The molecular formula is C18H20ClN3O4S. The number of rotatable bonds is 7. The molecule has 0 aliphatic rings. The fourth-order valence-electron chi connectivity index (χ4n) is 2.24. The molecule has 1 N–H and O–H groups in total. The lowest BCUT2D eigenvalue weighted by Crippen LogP contribution is -2.36. The molecule has 0 atom stereocenters. The summed E-state index contributed by atoms with van der Waals surface area (Å²) >= 11 is 5.79. The van der Waals surface area contributed by atoms with Gasteiger partial charge in [-0.2, -0.15) is 9.41 Å². The first-order chi connectivity index (χ1) is 12.7. The van der Waals surface area contributed by atoms with Crippen molar-refractivity contribution in [3.05, 3.63) is 58.6 Å². The lowest BCUT2D eigenvalue weighted by molar-refractivity contribution is -0.121. The van der Waals surface area contributed by atoms with Crippen LogP contribution in [0, 0.1) is 6.92 Å². The molecule has 0 unspecified atom stereocenters. The minimum atomic E-state index is -3.81. The summed E-state index contributed by atoms with van der Waals surface area (Å²) in [5, 5.41) is 4.40. The fraction of sp³-hybridized carbons (Fsp3) is 0.222. The zero-order valence-electron chi connectivity index (χ0n) is 15.1. The Kier molecular flexibility index (Phi) is 6.95. The smallest absolute Gasteiger partial charge is 0.255 e. The van der Waals surface area contributed by atoms with Crippen molar-refractivity contribution in [2.45, 2.75) is 11.8 Å². The summed E-state index contributed by atoms with van der Waals surface area (Å²) in [5.41, 5.74) is 3.73. The molecule has 9 heteroatoms. The highest BCUT2D eigenvalue weighted by molar-refractivity contribution is 7.89. The number of halogens is 1. The monoisotopic (exact) mass is 409 g/mol. The van der Waals surface area contributed by atoms with Crippen LogP contribution in [0.5, 0.6) is 5.75 Å². The van der Waals surface area contributed by atoms with Gasteiger partial charge in [0.2, 0.25) is 10.0 Å². The summed E-state index contributed by atoms with van der Waals surface area (Å²) in [6.07, 6.45) is 1.44. The molecule has 0 bridgehead atoms. The second-order valence-electron chi connectivity index (χ2n) is 5.74. The maximum absolute atomic E-state index is 12.6. The first kappa shape index (κ1) is 20.9. The summed E-state index contributed by atoms with van der Waals surface area (Å²) in [5.74, 6) is 0.0300. The van der Waals surface area contributed by atoms with Crippen molar-refractivity contribution in [2.24, 2.45) is 5.10 Å². The van der Waals surface area contributed by atoms with Crippen LogP contribution in [-0.4, -0.2) is 45.5 Å². The minimum absolute atomic E-state index is 0.0840. The first-order valence-corrected chi connectivity index (χ1v) is 9.74. The van der Waals surface area contributed by atoms with Gasteiger partial charge < -0.3 is 4.74 Å². The van der Waals surface area contributed by atoms with Gasteiger partial charge in [0.1, 0.15) is 5.75 Å². The van der Waals surface area contributed by atoms with Gasteiger partial charge in [0, 0.05) is 12.1 Å². The molecule has 0 aromatic heterocycles. The highest BCUT2D eigenvalue weighted by Gasteiger charge is 2.23. The lowest BCUT2D eigenvalue weighted by Gasteiger charge is -2.17. The molecule has 2 aromatic carbocycles. The molecule has 0 saturated carbocycles. The van der Waals surface area contributed by atoms with E-state index in [-0.39, 0.29) is 11.4 Å². The number of likely N-dealkylation sites (N-methyl/N-ethyl adjacent to an activating group) is 1. The largest absolute Gasteiger partial charge is 0.496 e. The first-order valence-electron chi connectivity index (χ1n) is 7.92. The fourth-order valence-corrected chi connectivity index (χ4v) is 3.58. The van der Waals surface area contributed by atoms with Crippen LogP contribution < -0.4 is 10.2 Å². The van der Waals surface area contributed by atoms with Crippen LogP contribution in [0.15, 0.2) is 52.5 Å². The molecule has 1 amide bonds. The van der Waals surface area contributed by atoms with Crippen LogP contribution >= 0.6 is 11.6 Å². The molecule has 0 heterocycles. The SMILES string of the molecule is COc1ccc(S(=O)(=O)N(C)CC(=O)NN=Cc2ccc(Cl)cc2)cc1C. The molecular weight excluding hydrogens is 390 g/mol. The average molecular weight is 410 g/mol. The van der Waals surface area contributed by atoms with Gasteiger partial charge in [-0.3, -0.25) is 4.79 Å². The molecule has 2 rings (SSSR count). The van der Waals surface area contributed by atoms with Crippen LogP contribution in [-0.2, 0) is 14.8 Å². The minimum Gasteiger partial charge on any atom is -0.496 e. The molecule has 0 fully saturated rings. The molecule has 0 saturated heterocycles. The molecule has 0 radical (unpaired) electrons. The Morgan fingerprint density at radius 2 is 1.93 bits per heavy atom. The van der Waals surface area contributed by atoms with Crippen LogP contribution in [0.25, 0.3) is 0 Å². The van der Waals surface area contributed by atoms with Crippen molar-refractivity contribution in [1.82, 2.24) is 9.73 Å². The second kappa shape index (κ2) is 8.98. The number of ether oxygens (including phenoxy) is 1. The maximum Gasteiger partial charge on any atom is 0.255 e. The van der Waals surface area contributed by atoms with Crippen molar-refractivity contribution >= 4 is 33.7 Å². The molecule has 2 aromatic rings. The molecule has 27 heavy (non-hydrogen) atoms. The summed E-state index contributed by atoms with van der Waals surface area (Å²) in [6, 6.07) is 11.4. The van der Waals surface area contributed by atoms with E-state index in [1.165, 1.54) is 32.5 Å². The van der Waals surface area contributed by atoms with E-state index in [0.717, 1.165) is 9.87 Å². The predicted octanol–water partition coefficient (Wildman–Crippen LogP) is 2.43. The van der Waals surface area contributed by atoms with Gasteiger partial charge in [-0.25, -0.2) is 13.8 Å². The Morgan fingerprint density at radius 3 is 2.52 bits per heavy atom. The topological polar surface area (TPSA) is 88.1 Å². The van der Waals surface area contributed by atoms with Crippen molar-refractivity contribution in [2.75, 3.05) is 20.7 Å². The van der Waals surface area contributed by atoms with Gasteiger partial charge in [0.25, 0.3) is 5.91 Å². The van der Waals surface area contributed by atoms with Gasteiger partial charge in [-0.1, -0.05) is 23.7 Å². The van der Waals surface area contributed by atoms with E-state index in [1.807, 2.05) is 0 Å². The second-order valence-corrected chi connectivity index (χ2v) is 8.22. The Morgan fingerprint density at radius 1 is 1.26 bits per heavy atom. The molecule has 0 aliphatic carbocycles. The van der Waals surface area contributed by atoms with Crippen LogP contribution in [0.3, 0.4) is 0 Å². The normalized spacial score (nSPS) is 11.7. The number of hydrazone groups is 1. The number of carbonyl (C=O) groups is 1. The van der Waals surface area contributed by atoms with Crippen molar-refractivity contribution < 1.29 is 17.9 Å². The van der Waals surface area contributed by atoms with Crippen molar-refractivity contribution in [1.29, 1.82) is 0 Å². The summed E-state index contributed by atoms with van der Waals surface area (Å²) in [6.45, 7) is 1.38. The van der Waals surface area contributed by atoms with Gasteiger partial charge in [-0.15, -0.1) is 0 Å². The Bertz CT molecular complexity index is 944. The number of nitrogens with one attached hydrogen (secondary N) is 1. The predicted molar refractivity (Wildman–Crippen MR) is 105 cm³/mol. The molecule has 7 nitrogen and oxygen atoms in total. The highest BCUT2D eigenvalue weighted by Crippen LogP contribution is 2.23. The summed E-state index contributed by atoms with van der Waals surface area (Å²) in [7, 11) is -0.971. The van der Waals surface area contributed by atoms with E-state index in [1.54, 1.807) is 37.3 Å². The van der Waals surface area contributed by atoms with Crippen molar-refractivity contribution in [3.63, 3.8) is 0 Å². The quantitative estimate of drug-likeness (QED) is 0.562. The third kappa shape index (κ3) is 5.53. The number of sulfonamides is 1. The number of hydrogen-bond acceptors (Lipinski definition) is 5. The molecule has 0 spiro atoms. The van der Waals surface area contributed by atoms with E-state index in [0.29, 0.717) is 16.3 Å². The number of carbonyl (C=O) groups excluding carboxylic acids is 1. The number of methoxy groups -OCH3 is 1. The van der Waals surface area contributed by atoms with Crippen LogP contribution in [0.4, 0.5) is 0 Å². The van der Waals surface area contributed by atoms with E-state index < -0.39 is 15.9 Å². The number of nitrogens with zero attached hydrogens (tertiary/aromatic N) is 2. The summed E-state index contributed by atoms with van der Waals surface area (Å²) in [4.78, 5) is 12.1. The van der Waals surface area contributed by atoms with Gasteiger partial charge in [0.05, 0.1) is 24.8 Å². The van der Waals surface area contributed by atoms with Gasteiger partial charge >= 0.3 is 0 Å². The van der Waals surface area contributed by atoms with Gasteiger partial charge in [0.15, 0.2) is 0 Å². The number of amides is 1. The highest BCUT2D eigenvalue weighted by atomic mass is 35.5. The van der Waals surface area contributed by atoms with Gasteiger partial charge in [-0.05, 0) is 48.4 Å². The van der Waals surface area contributed by atoms with E-state index in [4.69, 9.17) is 16.3 Å². The third-order valence-corrected chi connectivity index (χ3v) is 5.76. The van der Waals surface area contributed by atoms with Crippen LogP contribution in [0.2, 0.25) is 5.02 Å².